The average molecular weight is 204 g/mol. The van der Waals surface area contributed by atoms with Crippen molar-refractivity contribution in [2.24, 2.45) is 5.92 Å². The van der Waals surface area contributed by atoms with Gasteiger partial charge in [0.05, 0.1) is 0 Å². The van der Waals surface area contributed by atoms with E-state index in [0.29, 0.717) is 5.38 Å². The van der Waals surface area contributed by atoms with Gasteiger partial charge in [0.1, 0.15) is 0 Å². The van der Waals surface area contributed by atoms with Crippen LogP contribution in [0.3, 0.4) is 0 Å². The van der Waals surface area contributed by atoms with Crippen LogP contribution in [0.4, 0.5) is 0 Å². The van der Waals surface area contributed by atoms with E-state index in [1.807, 2.05) is 0 Å². The van der Waals surface area contributed by atoms with E-state index in [1.54, 1.807) is 0 Å². The van der Waals surface area contributed by atoms with Gasteiger partial charge < -0.3 is 5.32 Å². The number of rotatable bonds is 5. The molecule has 1 aliphatic carbocycles. The quantitative estimate of drug-likeness (QED) is 0.535. The van der Waals surface area contributed by atoms with Gasteiger partial charge in [-0.25, -0.2) is 0 Å². The molecule has 1 aliphatic rings. The molecule has 0 spiro atoms. The highest BCUT2D eigenvalue weighted by Crippen LogP contribution is 2.27. The second-order valence-corrected chi connectivity index (χ2v) is 4.80. The molecule has 1 rings (SSSR count). The summed E-state index contributed by atoms with van der Waals surface area (Å²) in [5, 5.41) is 3.97. The lowest BCUT2D eigenvalue weighted by atomic mass is 9.89. The molecule has 0 heterocycles. The Morgan fingerprint density at radius 1 is 1.38 bits per heavy atom. The molecule has 78 valence electrons. The topological polar surface area (TPSA) is 12.0 Å². The minimum Gasteiger partial charge on any atom is -0.316 e. The van der Waals surface area contributed by atoms with E-state index in [-0.39, 0.29) is 0 Å². The first-order valence-electron chi connectivity index (χ1n) is 5.67. The summed E-state index contributed by atoms with van der Waals surface area (Å²) in [6.07, 6.45) is 7.75. The summed E-state index contributed by atoms with van der Waals surface area (Å²) in [5.41, 5.74) is 0. The van der Waals surface area contributed by atoms with Crippen LogP contribution < -0.4 is 5.32 Å². The predicted octanol–water partition coefficient (Wildman–Crippen LogP) is 3.17. The number of halogens is 1. The molecule has 0 aromatic carbocycles. The zero-order chi connectivity index (χ0) is 9.52. The van der Waals surface area contributed by atoms with Gasteiger partial charge in [0.15, 0.2) is 0 Å². The molecule has 0 bridgehead atoms. The van der Waals surface area contributed by atoms with Crippen LogP contribution in [0.5, 0.6) is 0 Å². The lowest BCUT2D eigenvalue weighted by molar-refractivity contribution is 0.346. The van der Waals surface area contributed by atoms with Crippen molar-refractivity contribution >= 4 is 11.6 Å². The van der Waals surface area contributed by atoms with E-state index < -0.39 is 0 Å². The van der Waals surface area contributed by atoms with Crippen LogP contribution in [-0.4, -0.2) is 18.5 Å². The molecule has 1 nitrogen and oxygen atoms in total. The minimum atomic E-state index is 0.451. The molecular formula is C11H22ClN. The van der Waals surface area contributed by atoms with Crippen molar-refractivity contribution in [3.05, 3.63) is 0 Å². The third kappa shape index (κ3) is 4.87. The normalized spacial score (nSPS) is 29.1. The molecule has 1 saturated carbocycles. The largest absolute Gasteiger partial charge is 0.316 e. The molecule has 2 atom stereocenters. The monoisotopic (exact) mass is 203 g/mol. The number of unbranched alkanes of at least 4 members (excludes halogenated alkanes) is 1. The Hall–Kier alpha value is 0.250. The zero-order valence-electron chi connectivity index (χ0n) is 8.69. The molecular weight excluding hydrogens is 182 g/mol. The molecule has 13 heavy (non-hydrogen) atoms. The van der Waals surface area contributed by atoms with Gasteiger partial charge in [0.25, 0.3) is 0 Å². The summed E-state index contributed by atoms with van der Waals surface area (Å²) >= 11 is 6.12. The van der Waals surface area contributed by atoms with Crippen molar-refractivity contribution in [1.82, 2.24) is 5.32 Å². The second-order valence-electron chi connectivity index (χ2n) is 4.19. The maximum absolute atomic E-state index is 6.12. The molecule has 0 aromatic rings. The zero-order valence-corrected chi connectivity index (χ0v) is 9.45. The minimum absolute atomic E-state index is 0.451. The molecule has 1 N–H and O–H groups in total. The van der Waals surface area contributed by atoms with E-state index in [1.165, 1.54) is 51.6 Å². The van der Waals surface area contributed by atoms with Crippen molar-refractivity contribution in [2.75, 3.05) is 13.1 Å². The van der Waals surface area contributed by atoms with Crippen molar-refractivity contribution < 1.29 is 0 Å². The molecule has 0 aliphatic heterocycles. The van der Waals surface area contributed by atoms with Crippen LogP contribution in [0.15, 0.2) is 0 Å². The van der Waals surface area contributed by atoms with Gasteiger partial charge in [-0.1, -0.05) is 19.8 Å². The van der Waals surface area contributed by atoms with Crippen molar-refractivity contribution in [3.63, 3.8) is 0 Å². The number of hydrogen-bond acceptors (Lipinski definition) is 1. The molecule has 2 unspecified atom stereocenters. The van der Waals surface area contributed by atoms with Crippen LogP contribution in [0.25, 0.3) is 0 Å². The fraction of sp³-hybridized carbons (Fsp3) is 1.00. The highest BCUT2D eigenvalue weighted by molar-refractivity contribution is 6.20. The molecule has 0 radical (unpaired) electrons. The fourth-order valence-electron chi connectivity index (χ4n) is 2.02. The Balaban J connectivity index is 2.00. The van der Waals surface area contributed by atoms with Gasteiger partial charge in [-0.15, -0.1) is 11.6 Å². The fourth-order valence-corrected chi connectivity index (χ4v) is 2.43. The highest BCUT2D eigenvalue weighted by Gasteiger charge is 2.19. The van der Waals surface area contributed by atoms with Crippen molar-refractivity contribution in [3.8, 4) is 0 Å². The summed E-state index contributed by atoms with van der Waals surface area (Å²) in [7, 11) is 0. The van der Waals surface area contributed by atoms with Gasteiger partial charge in [-0.2, -0.15) is 0 Å². The van der Waals surface area contributed by atoms with Gasteiger partial charge in [0.2, 0.25) is 0 Å². The Morgan fingerprint density at radius 3 is 2.92 bits per heavy atom. The van der Waals surface area contributed by atoms with Crippen LogP contribution in [0, 0.1) is 5.92 Å². The number of alkyl halides is 1. The van der Waals surface area contributed by atoms with Crippen LogP contribution in [0.1, 0.15) is 45.4 Å². The van der Waals surface area contributed by atoms with Gasteiger partial charge >= 0.3 is 0 Å². The van der Waals surface area contributed by atoms with E-state index in [9.17, 15) is 0 Å². The first-order chi connectivity index (χ1) is 6.33. The van der Waals surface area contributed by atoms with E-state index in [2.05, 4.69) is 12.2 Å². The molecule has 0 saturated heterocycles. The number of nitrogens with one attached hydrogen (secondary N) is 1. The lowest BCUT2D eigenvalue weighted by Crippen LogP contribution is -2.28. The summed E-state index contributed by atoms with van der Waals surface area (Å²) < 4.78 is 0. The maximum Gasteiger partial charge on any atom is 0.0339 e. The van der Waals surface area contributed by atoms with Crippen LogP contribution in [-0.2, 0) is 0 Å². The van der Waals surface area contributed by atoms with Gasteiger partial charge in [0, 0.05) is 5.38 Å². The van der Waals surface area contributed by atoms with Gasteiger partial charge in [-0.3, -0.25) is 0 Å². The first-order valence-corrected chi connectivity index (χ1v) is 6.11. The van der Waals surface area contributed by atoms with E-state index in [4.69, 9.17) is 11.6 Å². The Bertz CT molecular complexity index is 127. The van der Waals surface area contributed by atoms with Crippen LogP contribution in [0.2, 0.25) is 0 Å². The highest BCUT2D eigenvalue weighted by atomic mass is 35.5. The number of hydrogen-bond donors (Lipinski definition) is 1. The molecule has 2 heteroatoms. The Labute approximate surface area is 87.2 Å². The van der Waals surface area contributed by atoms with E-state index in [0.717, 1.165) is 5.92 Å². The SMILES string of the molecule is CCCCNCC1CCCC(Cl)C1. The van der Waals surface area contributed by atoms with Crippen molar-refractivity contribution in [2.45, 2.75) is 50.8 Å². The predicted molar refractivity (Wildman–Crippen MR) is 59.4 cm³/mol. The standard InChI is InChI=1S/C11H22ClN/c1-2-3-7-13-9-10-5-4-6-11(12)8-10/h10-11,13H,2-9H2,1H3. The second kappa shape index (κ2) is 6.67. The summed E-state index contributed by atoms with van der Waals surface area (Å²) in [6, 6.07) is 0. The van der Waals surface area contributed by atoms with Crippen molar-refractivity contribution in [1.29, 1.82) is 0 Å². The Morgan fingerprint density at radius 2 is 2.23 bits per heavy atom. The molecule has 0 amide bonds. The summed E-state index contributed by atoms with van der Waals surface area (Å²) in [5.74, 6) is 0.841. The lowest BCUT2D eigenvalue weighted by Gasteiger charge is -2.25. The molecule has 0 aromatic heterocycles. The van der Waals surface area contributed by atoms with Gasteiger partial charge in [-0.05, 0) is 44.7 Å². The first kappa shape index (κ1) is 11.3. The van der Waals surface area contributed by atoms with Crippen LogP contribution >= 0.6 is 11.6 Å². The molecule has 1 fully saturated rings. The summed E-state index contributed by atoms with van der Waals surface area (Å²) in [6.45, 7) is 4.60. The third-order valence-electron chi connectivity index (χ3n) is 2.86. The third-order valence-corrected chi connectivity index (χ3v) is 3.26. The average Bonchev–Trinajstić information content (AvgIpc) is 2.13. The maximum atomic E-state index is 6.12. The smallest absolute Gasteiger partial charge is 0.0339 e. The summed E-state index contributed by atoms with van der Waals surface area (Å²) in [4.78, 5) is 0. The Kier molecular flexibility index (Phi) is 5.81. The van der Waals surface area contributed by atoms with E-state index >= 15 is 0 Å².